The highest BCUT2D eigenvalue weighted by atomic mass is 16.5. The summed E-state index contributed by atoms with van der Waals surface area (Å²) in [5.41, 5.74) is 10.7. The first-order chi connectivity index (χ1) is 9.41. The zero-order valence-corrected chi connectivity index (χ0v) is 12.3. The fourth-order valence-electron chi connectivity index (χ4n) is 1.49. The van der Waals surface area contributed by atoms with Crippen LogP contribution >= 0.6 is 0 Å². The molecule has 0 amide bonds. The maximum absolute atomic E-state index is 5.54. The quantitative estimate of drug-likeness (QED) is 0.428. The van der Waals surface area contributed by atoms with Gasteiger partial charge in [0, 0.05) is 39.6 Å². The van der Waals surface area contributed by atoms with E-state index in [1.54, 1.807) is 0 Å². The Bertz CT molecular complexity index is 144. The van der Waals surface area contributed by atoms with Gasteiger partial charge >= 0.3 is 0 Å². The normalized spacial score (nSPS) is 10.0. The van der Waals surface area contributed by atoms with Gasteiger partial charge in [-0.25, -0.2) is 0 Å². The van der Waals surface area contributed by atoms with Crippen molar-refractivity contribution in [1.29, 1.82) is 0 Å². The molecule has 0 aromatic heterocycles. The second-order valence-electron chi connectivity index (χ2n) is 4.54. The van der Waals surface area contributed by atoms with Crippen LogP contribution in [-0.4, -0.2) is 52.7 Å². The first kappa shape index (κ1) is 25.7. The summed E-state index contributed by atoms with van der Waals surface area (Å²) in [5.74, 6) is 0. The zero-order valence-electron chi connectivity index (χ0n) is 12.3. The molecule has 4 N–H and O–H groups in total. The summed E-state index contributed by atoms with van der Waals surface area (Å²) < 4.78 is 16.3. The van der Waals surface area contributed by atoms with Gasteiger partial charge in [0.05, 0.1) is 0 Å². The van der Waals surface area contributed by atoms with Gasteiger partial charge in [-0.05, 0) is 51.6 Å². The fourth-order valence-corrected chi connectivity index (χ4v) is 1.49. The number of unbranched alkanes of at least 4 members (excludes halogenated alkanes) is 2. The van der Waals surface area contributed by atoms with Crippen LogP contribution in [0.3, 0.4) is 0 Å². The van der Waals surface area contributed by atoms with Crippen LogP contribution in [0.1, 0.15) is 53.4 Å². The molecule has 0 unspecified atom stereocenters. The van der Waals surface area contributed by atoms with Gasteiger partial charge in [-0.1, -0.05) is 14.9 Å². The van der Waals surface area contributed by atoms with E-state index in [9.17, 15) is 0 Å². The molecule has 0 aliphatic rings. The van der Waals surface area contributed by atoms with E-state index in [1.165, 1.54) is 0 Å². The third-order valence-corrected chi connectivity index (χ3v) is 2.64. The summed E-state index contributed by atoms with van der Waals surface area (Å²) in [6.07, 6.45) is 6.15. The second-order valence-corrected chi connectivity index (χ2v) is 4.54. The van der Waals surface area contributed by atoms with Gasteiger partial charge in [-0.3, -0.25) is 0 Å². The highest BCUT2D eigenvalue weighted by molar-refractivity contribution is 4.43. The lowest BCUT2D eigenvalue weighted by molar-refractivity contribution is 0.0903. The van der Waals surface area contributed by atoms with Crippen molar-refractivity contribution in [3.05, 3.63) is 0 Å². The first-order valence-corrected chi connectivity index (χ1v) is 7.55. The summed E-state index contributed by atoms with van der Waals surface area (Å²) in [5, 5.41) is 0. The SMILES string of the molecule is C.C.NCCCOCCCCOCCCCOCCCN. The summed E-state index contributed by atoms with van der Waals surface area (Å²) in [6.45, 7) is 6.26. The van der Waals surface area contributed by atoms with Crippen LogP contribution in [0.5, 0.6) is 0 Å². The molecule has 0 radical (unpaired) electrons. The molecule has 132 valence electrons. The van der Waals surface area contributed by atoms with Crippen molar-refractivity contribution in [3.63, 3.8) is 0 Å². The van der Waals surface area contributed by atoms with E-state index >= 15 is 0 Å². The smallest absolute Gasteiger partial charge is 0.0478 e. The third-order valence-electron chi connectivity index (χ3n) is 2.64. The Hall–Kier alpha value is -0.200. The minimum Gasteiger partial charge on any atom is -0.381 e. The van der Waals surface area contributed by atoms with Gasteiger partial charge < -0.3 is 25.7 Å². The molecule has 0 aliphatic carbocycles. The van der Waals surface area contributed by atoms with E-state index in [4.69, 9.17) is 25.7 Å². The molecule has 0 atom stereocenters. The van der Waals surface area contributed by atoms with Gasteiger partial charge in [0.2, 0.25) is 0 Å². The Morgan fingerprint density at radius 1 is 0.429 bits per heavy atom. The molecular formula is C16H40N2O3. The minimum atomic E-state index is 0. The van der Waals surface area contributed by atoms with Crippen LogP contribution in [0.2, 0.25) is 0 Å². The van der Waals surface area contributed by atoms with E-state index in [0.717, 1.165) is 78.2 Å². The van der Waals surface area contributed by atoms with Crippen molar-refractivity contribution in [2.75, 3.05) is 52.7 Å². The van der Waals surface area contributed by atoms with Crippen LogP contribution < -0.4 is 11.5 Å². The second kappa shape index (κ2) is 24.8. The molecular weight excluding hydrogens is 268 g/mol. The number of nitrogens with two attached hydrogens (primary N) is 2. The number of hydrogen-bond acceptors (Lipinski definition) is 5. The van der Waals surface area contributed by atoms with E-state index in [0.29, 0.717) is 13.1 Å². The van der Waals surface area contributed by atoms with Gasteiger partial charge in [-0.2, -0.15) is 0 Å². The summed E-state index contributed by atoms with van der Waals surface area (Å²) in [7, 11) is 0. The summed E-state index contributed by atoms with van der Waals surface area (Å²) in [6, 6.07) is 0. The average molecular weight is 309 g/mol. The molecule has 0 fully saturated rings. The fraction of sp³-hybridized carbons (Fsp3) is 1.00. The molecule has 0 bridgehead atoms. The van der Waals surface area contributed by atoms with Crippen molar-refractivity contribution in [2.45, 2.75) is 53.4 Å². The van der Waals surface area contributed by atoms with E-state index in [1.807, 2.05) is 0 Å². The molecule has 5 heteroatoms. The van der Waals surface area contributed by atoms with Crippen molar-refractivity contribution in [3.8, 4) is 0 Å². The molecule has 0 saturated carbocycles. The highest BCUT2D eigenvalue weighted by Crippen LogP contribution is 1.96. The molecule has 0 aromatic carbocycles. The Kier molecular flexibility index (Phi) is 30.4. The summed E-state index contributed by atoms with van der Waals surface area (Å²) >= 11 is 0. The van der Waals surface area contributed by atoms with Crippen LogP contribution in [0.4, 0.5) is 0 Å². The van der Waals surface area contributed by atoms with Crippen LogP contribution in [-0.2, 0) is 14.2 Å². The van der Waals surface area contributed by atoms with Crippen LogP contribution in [0.25, 0.3) is 0 Å². The van der Waals surface area contributed by atoms with Crippen molar-refractivity contribution in [1.82, 2.24) is 0 Å². The van der Waals surface area contributed by atoms with Crippen LogP contribution in [0, 0.1) is 0 Å². The van der Waals surface area contributed by atoms with Gasteiger partial charge in [0.1, 0.15) is 0 Å². The highest BCUT2D eigenvalue weighted by Gasteiger charge is 1.93. The first-order valence-electron chi connectivity index (χ1n) is 7.55. The Labute approximate surface area is 132 Å². The molecule has 0 heterocycles. The summed E-state index contributed by atoms with van der Waals surface area (Å²) in [4.78, 5) is 0. The molecule has 21 heavy (non-hydrogen) atoms. The van der Waals surface area contributed by atoms with E-state index in [2.05, 4.69) is 0 Å². The predicted octanol–water partition coefficient (Wildman–Crippen LogP) is 2.57. The monoisotopic (exact) mass is 308 g/mol. The van der Waals surface area contributed by atoms with Gasteiger partial charge in [-0.15, -0.1) is 0 Å². The minimum absolute atomic E-state index is 0. The van der Waals surface area contributed by atoms with Crippen molar-refractivity contribution < 1.29 is 14.2 Å². The molecule has 0 spiro atoms. The lowest BCUT2D eigenvalue weighted by atomic mass is 10.3. The van der Waals surface area contributed by atoms with E-state index < -0.39 is 0 Å². The molecule has 0 aliphatic heterocycles. The largest absolute Gasteiger partial charge is 0.381 e. The zero-order chi connectivity index (χ0) is 14.0. The Morgan fingerprint density at radius 3 is 0.905 bits per heavy atom. The molecule has 5 nitrogen and oxygen atoms in total. The maximum atomic E-state index is 5.54. The average Bonchev–Trinajstić information content (AvgIpc) is 2.43. The topological polar surface area (TPSA) is 79.7 Å². The number of hydrogen-bond donors (Lipinski definition) is 2. The Balaban J connectivity index is -0.00000162. The van der Waals surface area contributed by atoms with Crippen molar-refractivity contribution >= 4 is 0 Å². The molecule has 0 saturated heterocycles. The molecule has 0 rings (SSSR count). The van der Waals surface area contributed by atoms with Gasteiger partial charge in [0.25, 0.3) is 0 Å². The lowest BCUT2D eigenvalue weighted by Crippen LogP contribution is -2.06. The Morgan fingerprint density at radius 2 is 0.667 bits per heavy atom. The van der Waals surface area contributed by atoms with E-state index in [-0.39, 0.29) is 14.9 Å². The lowest BCUT2D eigenvalue weighted by Gasteiger charge is -2.06. The number of ether oxygens (including phenoxy) is 3. The number of rotatable bonds is 16. The van der Waals surface area contributed by atoms with Gasteiger partial charge in [0.15, 0.2) is 0 Å². The standard InChI is InChI=1S/C14H32N2O3.2CH4/c15-7-5-13-18-11-3-1-9-17-10-2-4-12-19-14-6-8-16;;/h1-16H2;2*1H4. The van der Waals surface area contributed by atoms with Crippen LogP contribution in [0.15, 0.2) is 0 Å². The predicted molar refractivity (Wildman–Crippen MR) is 91.7 cm³/mol. The molecule has 0 aromatic rings. The van der Waals surface area contributed by atoms with Crippen molar-refractivity contribution in [2.24, 2.45) is 11.5 Å². The maximum Gasteiger partial charge on any atom is 0.0478 e. The third kappa shape index (κ3) is 25.1.